The van der Waals surface area contributed by atoms with E-state index in [1.165, 1.54) is 0 Å². The smallest absolute Gasteiger partial charge is 0.225 e. The van der Waals surface area contributed by atoms with E-state index in [0.29, 0.717) is 6.04 Å². The third-order valence-electron chi connectivity index (χ3n) is 3.02. The second kappa shape index (κ2) is 5.47. The number of hydrogen-bond acceptors (Lipinski definition) is 3. The van der Waals surface area contributed by atoms with E-state index in [1.54, 1.807) is 0 Å². The Hall–Kier alpha value is -0.610. The number of amides is 1. The second-order valence-corrected chi connectivity index (χ2v) is 4.63. The first-order valence-corrected chi connectivity index (χ1v) is 5.70. The van der Waals surface area contributed by atoms with Crippen LogP contribution in [0.4, 0.5) is 0 Å². The molecule has 0 spiro atoms. The van der Waals surface area contributed by atoms with Crippen molar-refractivity contribution in [2.24, 2.45) is 5.92 Å². The van der Waals surface area contributed by atoms with Gasteiger partial charge in [0.2, 0.25) is 5.91 Å². The minimum atomic E-state index is 0.114. The maximum absolute atomic E-state index is 11.8. The summed E-state index contributed by atoms with van der Waals surface area (Å²) in [4.78, 5) is 16.2. The van der Waals surface area contributed by atoms with Gasteiger partial charge < -0.3 is 10.2 Å². The van der Waals surface area contributed by atoms with Gasteiger partial charge in [-0.1, -0.05) is 13.8 Å². The van der Waals surface area contributed by atoms with Gasteiger partial charge in [-0.05, 0) is 14.1 Å². The average molecular weight is 213 g/mol. The zero-order valence-electron chi connectivity index (χ0n) is 10.3. The molecule has 1 fully saturated rings. The van der Waals surface area contributed by atoms with Crippen LogP contribution in [0.1, 0.15) is 13.8 Å². The van der Waals surface area contributed by atoms with E-state index >= 15 is 0 Å². The lowest BCUT2D eigenvalue weighted by Gasteiger charge is -2.40. The molecular weight excluding hydrogens is 190 g/mol. The van der Waals surface area contributed by atoms with E-state index in [1.807, 2.05) is 25.8 Å². The fourth-order valence-electron chi connectivity index (χ4n) is 1.97. The first kappa shape index (κ1) is 12.5. The maximum atomic E-state index is 11.8. The lowest BCUT2D eigenvalue weighted by Crippen LogP contribution is -2.56. The summed E-state index contributed by atoms with van der Waals surface area (Å²) in [6.07, 6.45) is 0. The molecule has 0 aromatic heterocycles. The average Bonchev–Trinajstić information content (AvgIpc) is 2.20. The Balaban J connectivity index is 2.53. The molecule has 0 aliphatic carbocycles. The van der Waals surface area contributed by atoms with Crippen molar-refractivity contribution in [1.29, 1.82) is 0 Å². The molecule has 0 radical (unpaired) electrons. The van der Waals surface area contributed by atoms with Crippen molar-refractivity contribution in [2.75, 3.05) is 40.3 Å². The first-order valence-electron chi connectivity index (χ1n) is 5.70. The molecule has 1 amide bonds. The number of carbonyl (C=O) groups excluding carboxylic acids is 1. The third-order valence-corrected chi connectivity index (χ3v) is 3.02. The van der Waals surface area contributed by atoms with Crippen molar-refractivity contribution >= 4 is 5.91 Å². The Kier molecular flexibility index (Phi) is 4.54. The summed E-state index contributed by atoms with van der Waals surface area (Å²) in [6.45, 7) is 7.58. The van der Waals surface area contributed by atoms with E-state index in [4.69, 9.17) is 0 Å². The number of likely N-dealkylation sites (N-methyl/N-ethyl adjacent to an activating group) is 2. The minimum Gasteiger partial charge on any atom is -0.340 e. The van der Waals surface area contributed by atoms with Crippen LogP contribution in [0.5, 0.6) is 0 Å². The molecule has 1 atom stereocenters. The number of hydrogen-bond donors (Lipinski definition) is 1. The Labute approximate surface area is 92.6 Å². The summed E-state index contributed by atoms with van der Waals surface area (Å²) < 4.78 is 0. The summed E-state index contributed by atoms with van der Waals surface area (Å²) in [5, 5.41) is 3.18. The highest BCUT2D eigenvalue weighted by atomic mass is 16.2. The van der Waals surface area contributed by atoms with E-state index < -0.39 is 0 Å². The summed E-state index contributed by atoms with van der Waals surface area (Å²) in [5.74, 6) is 0.396. The fourth-order valence-corrected chi connectivity index (χ4v) is 1.97. The van der Waals surface area contributed by atoms with Crippen LogP contribution in [0.2, 0.25) is 0 Å². The molecular formula is C11H23N3O. The summed E-state index contributed by atoms with van der Waals surface area (Å²) in [5.41, 5.74) is 0. The Bertz CT molecular complexity index is 218. The highest BCUT2D eigenvalue weighted by molar-refractivity contribution is 5.78. The molecule has 88 valence electrons. The van der Waals surface area contributed by atoms with Gasteiger partial charge in [0.25, 0.3) is 0 Å². The van der Waals surface area contributed by atoms with Crippen LogP contribution < -0.4 is 5.32 Å². The number of carbonyl (C=O) groups is 1. The summed E-state index contributed by atoms with van der Waals surface area (Å²) in [7, 11) is 4.08. The molecule has 0 aromatic rings. The van der Waals surface area contributed by atoms with Gasteiger partial charge in [0.1, 0.15) is 0 Å². The maximum Gasteiger partial charge on any atom is 0.225 e. The van der Waals surface area contributed by atoms with Crippen LogP contribution in [0.25, 0.3) is 0 Å². The fraction of sp³-hybridized carbons (Fsp3) is 0.909. The highest BCUT2D eigenvalue weighted by Gasteiger charge is 2.27. The molecule has 1 N–H and O–H groups in total. The Morgan fingerprint density at radius 3 is 2.67 bits per heavy atom. The van der Waals surface area contributed by atoms with Crippen LogP contribution >= 0.6 is 0 Å². The van der Waals surface area contributed by atoms with E-state index in [9.17, 15) is 4.79 Å². The zero-order chi connectivity index (χ0) is 11.4. The SMILES string of the molecule is CNCC1CN(C(=O)C(C)C)CCN1C. The van der Waals surface area contributed by atoms with Crippen molar-refractivity contribution in [2.45, 2.75) is 19.9 Å². The van der Waals surface area contributed by atoms with Crippen molar-refractivity contribution in [3.63, 3.8) is 0 Å². The number of piperazine rings is 1. The molecule has 1 unspecified atom stereocenters. The van der Waals surface area contributed by atoms with Gasteiger partial charge in [-0.25, -0.2) is 0 Å². The third kappa shape index (κ3) is 3.18. The Morgan fingerprint density at radius 2 is 2.13 bits per heavy atom. The molecule has 0 bridgehead atoms. The van der Waals surface area contributed by atoms with Gasteiger partial charge in [-0.15, -0.1) is 0 Å². The van der Waals surface area contributed by atoms with Gasteiger partial charge in [-0.2, -0.15) is 0 Å². The van der Waals surface area contributed by atoms with Crippen molar-refractivity contribution < 1.29 is 4.79 Å². The first-order chi connectivity index (χ1) is 7.06. The highest BCUT2D eigenvalue weighted by Crippen LogP contribution is 2.10. The quantitative estimate of drug-likeness (QED) is 0.717. The van der Waals surface area contributed by atoms with Gasteiger partial charge in [0, 0.05) is 38.1 Å². The molecule has 4 heteroatoms. The standard InChI is InChI=1S/C11H23N3O/c1-9(2)11(15)14-6-5-13(4)10(8-14)7-12-3/h9-10,12H,5-8H2,1-4H3. The van der Waals surface area contributed by atoms with Gasteiger partial charge in [0.05, 0.1) is 0 Å². The molecule has 1 aliphatic rings. The number of rotatable bonds is 3. The largest absolute Gasteiger partial charge is 0.340 e. The van der Waals surface area contributed by atoms with Gasteiger partial charge in [-0.3, -0.25) is 9.69 Å². The second-order valence-electron chi connectivity index (χ2n) is 4.63. The van der Waals surface area contributed by atoms with Crippen LogP contribution in [-0.2, 0) is 4.79 Å². The van der Waals surface area contributed by atoms with Crippen LogP contribution in [0.3, 0.4) is 0 Å². The molecule has 4 nitrogen and oxygen atoms in total. The predicted molar refractivity (Wildman–Crippen MR) is 61.8 cm³/mol. The number of nitrogens with one attached hydrogen (secondary N) is 1. The molecule has 1 saturated heterocycles. The molecule has 1 heterocycles. The van der Waals surface area contributed by atoms with Gasteiger partial charge in [0.15, 0.2) is 0 Å². The van der Waals surface area contributed by atoms with E-state index in [-0.39, 0.29) is 11.8 Å². The number of nitrogens with zero attached hydrogens (tertiary/aromatic N) is 2. The van der Waals surface area contributed by atoms with Crippen molar-refractivity contribution in [1.82, 2.24) is 15.1 Å². The van der Waals surface area contributed by atoms with Crippen LogP contribution in [0.15, 0.2) is 0 Å². The molecule has 15 heavy (non-hydrogen) atoms. The lowest BCUT2D eigenvalue weighted by atomic mass is 10.1. The monoisotopic (exact) mass is 213 g/mol. The van der Waals surface area contributed by atoms with Crippen molar-refractivity contribution in [3.8, 4) is 0 Å². The van der Waals surface area contributed by atoms with Crippen LogP contribution in [-0.4, -0.2) is 62.0 Å². The Morgan fingerprint density at radius 1 is 1.47 bits per heavy atom. The topological polar surface area (TPSA) is 35.6 Å². The summed E-state index contributed by atoms with van der Waals surface area (Å²) >= 11 is 0. The summed E-state index contributed by atoms with van der Waals surface area (Å²) in [6, 6.07) is 0.450. The predicted octanol–water partition coefficient (Wildman–Crippen LogP) is 0.00440. The minimum absolute atomic E-state index is 0.114. The molecule has 1 rings (SSSR count). The molecule has 1 aliphatic heterocycles. The van der Waals surface area contributed by atoms with E-state index in [0.717, 1.165) is 26.2 Å². The molecule has 0 aromatic carbocycles. The molecule has 0 saturated carbocycles. The van der Waals surface area contributed by atoms with Gasteiger partial charge >= 0.3 is 0 Å². The normalized spacial score (nSPS) is 23.5. The van der Waals surface area contributed by atoms with E-state index in [2.05, 4.69) is 17.3 Å². The zero-order valence-corrected chi connectivity index (χ0v) is 10.3. The lowest BCUT2D eigenvalue weighted by molar-refractivity contribution is -0.137. The van der Waals surface area contributed by atoms with Crippen molar-refractivity contribution in [3.05, 3.63) is 0 Å². The van der Waals surface area contributed by atoms with Crippen LogP contribution in [0, 0.1) is 5.92 Å².